The van der Waals surface area contributed by atoms with E-state index in [1.165, 1.54) is 0 Å². The summed E-state index contributed by atoms with van der Waals surface area (Å²) >= 11 is 0. The normalized spacial score (nSPS) is 18.8. The molecule has 4 aromatic rings. The lowest BCUT2D eigenvalue weighted by Crippen LogP contribution is -2.37. The zero-order chi connectivity index (χ0) is 30.5. The zero-order valence-corrected chi connectivity index (χ0v) is 24.2. The number of rotatable bonds is 5. The number of hydrogen-bond donors (Lipinski definition) is 4. The summed E-state index contributed by atoms with van der Waals surface area (Å²) < 4.78 is 10.7. The average Bonchev–Trinajstić information content (AvgIpc) is 2.98. The highest BCUT2D eigenvalue weighted by Crippen LogP contribution is 2.29. The van der Waals surface area contributed by atoms with Gasteiger partial charge in [-0.25, -0.2) is 4.79 Å². The van der Waals surface area contributed by atoms with Crippen LogP contribution in [-0.2, 0) is 19.1 Å². The van der Waals surface area contributed by atoms with E-state index in [1.807, 2.05) is 50.2 Å². The minimum Gasteiger partial charge on any atom is -0.466 e. The van der Waals surface area contributed by atoms with Crippen molar-refractivity contribution in [2.24, 2.45) is 0 Å². The third-order valence-electron chi connectivity index (χ3n) is 7.50. The van der Waals surface area contributed by atoms with Gasteiger partial charge < -0.3 is 25.1 Å². The molecule has 4 N–H and O–H groups in total. The molecule has 2 aliphatic heterocycles. The lowest BCUT2D eigenvalue weighted by Gasteiger charge is -2.26. The van der Waals surface area contributed by atoms with E-state index in [0.29, 0.717) is 27.9 Å². The summed E-state index contributed by atoms with van der Waals surface area (Å²) in [5.41, 5.74) is 3.98. The average molecular weight is 583 g/mol. The van der Waals surface area contributed by atoms with E-state index in [9.17, 15) is 19.2 Å². The molecule has 4 bridgehead atoms. The number of aromatic amines is 1. The molecule has 0 saturated heterocycles. The van der Waals surface area contributed by atoms with E-state index < -0.39 is 24.1 Å². The van der Waals surface area contributed by atoms with Gasteiger partial charge in [-0.2, -0.15) is 0 Å². The molecule has 10 heteroatoms. The molecule has 0 aliphatic carbocycles. The molecule has 222 valence electrons. The molecule has 0 spiro atoms. The molecule has 10 nitrogen and oxygen atoms in total. The molecular weight excluding hydrogens is 548 g/mol. The van der Waals surface area contributed by atoms with Gasteiger partial charge in [-0.1, -0.05) is 43.3 Å². The smallest absolute Gasteiger partial charge is 0.411 e. The number of nitrogens with one attached hydrogen (secondary N) is 4. The summed E-state index contributed by atoms with van der Waals surface area (Å²) in [7, 11) is 0. The van der Waals surface area contributed by atoms with Crippen molar-refractivity contribution in [2.45, 2.75) is 45.2 Å². The first kappa shape index (κ1) is 29.4. The summed E-state index contributed by atoms with van der Waals surface area (Å²) in [6, 6.07) is 18.1. The third-order valence-corrected chi connectivity index (χ3v) is 7.50. The van der Waals surface area contributed by atoms with Crippen molar-refractivity contribution >= 4 is 40.1 Å². The van der Waals surface area contributed by atoms with E-state index in [1.54, 1.807) is 43.5 Å². The second-order valence-corrected chi connectivity index (χ2v) is 10.6. The van der Waals surface area contributed by atoms with Gasteiger partial charge in [0, 0.05) is 28.9 Å². The fourth-order valence-electron chi connectivity index (χ4n) is 5.34. The number of ether oxygens (including phenoxy) is 2. The summed E-state index contributed by atoms with van der Waals surface area (Å²) in [5.74, 6) is -0.964. The molecule has 0 radical (unpaired) electrons. The van der Waals surface area contributed by atoms with Gasteiger partial charge in [0.2, 0.25) is 5.91 Å². The standard InChI is InChI=1S/C33H34N4O6/c1-4-42-29(38)17-28-22-6-5-7-24(15-22)36-33(41)43-18-20(3)26-11-9-23(14-19(26)2)30(32(40)37-28)35-25-10-8-21-12-13-34-31(39)27(21)16-25/h5-16,20,28,30,35H,4,17-18H2,1-3H3,(H,34,39)(H,36,41)(H,37,40)/t20-,28+,30+/m0/s1. The van der Waals surface area contributed by atoms with Crippen LogP contribution in [0.5, 0.6) is 0 Å². The maximum Gasteiger partial charge on any atom is 0.411 e. The van der Waals surface area contributed by atoms with Crippen LogP contribution in [0.3, 0.4) is 0 Å². The lowest BCUT2D eigenvalue weighted by atomic mass is 9.92. The second-order valence-electron chi connectivity index (χ2n) is 10.6. The van der Waals surface area contributed by atoms with Gasteiger partial charge in [0.1, 0.15) is 6.04 Å². The Morgan fingerprint density at radius 1 is 1.02 bits per heavy atom. The largest absolute Gasteiger partial charge is 0.466 e. The number of aromatic nitrogens is 1. The molecule has 3 aromatic carbocycles. The molecule has 3 heterocycles. The molecule has 3 atom stereocenters. The van der Waals surface area contributed by atoms with Crippen molar-refractivity contribution in [3.8, 4) is 0 Å². The molecule has 43 heavy (non-hydrogen) atoms. The zero-order valence-electron chi connectivity index (χ0n) is 24.2. The Kier molecular flexibility index (Phi) is 8.75. The molecule has 2 amide bonds. The fourth-order valence-corrected chi connectivity index (χ4v) is 5.34. The number of esters is 1. The number of amides is 2. The predicted octanol–water partition coefficient (Wildman–Crippen LogP) is 5.47. The van der Waals surface area contributed by atoms with Crippen LogP contribution in [0.15, 0.2) is 77.7 Å². The number of pyridine rings is 1. The molecular formula is C33H34N4O6. The van der Waals surface area contributed by atoms with Crippen LogP contribution in [0, 0.1) is 6.92 Å². The van der Waals surface area contributed by atoms with Gasteiger partial charge >= 0.3 is 12.1 Å². The van der Waals surface area contributed by atoms with Gasteiger partial charge in [0.15, 0.2) is 0 Å². The molecule has 6 rings (SSSR count). The van der Waals surface area contributed by atoms with Crippen LogP contribution in [0.2, 0.25) is 0 Å². The number of benzene rings is 3. The van der Waals surface area contributed by atoms with E-state index in [0.717, 1.165) is 16.5 Å². The van der Waals surface area contributed by atoms with Gasteiger partial charge in [-0.15, -0.1) is 0 Å². The van der Waals surface area contributed by atoms with E-state index in [4.69, 9.17) is 9.47 Å². The Morgan fingerprint density at radius 2 is 1.86 bits per heavy atom. The van der Waals surface area contributed by atoms with Crippen LogP contribution in [0.4, 0.5) is 16.2 Å². The predicted molar refractivity (Wildman–Crippen MR) is 164 cm³/mol. The first-order valence-corrected chi connectivity index (χ1v) is 14.2. The number of aryl methyl sites for hydroxylation is 1. The van der Waals surface area contributed by atoms with Crippen molar-refractivity contribution in [1.29, 1.82) is 0 Å². The van der Waals surface area contributed by atoms with Crippen molar-refractivity contribution in [3.05, 3.63) is 106 Å². The Labute approximate surface area is 248 Å². The number of fused-ring (bicyclic) bond motifs is 10. The monoisotopic (exact) mass is 582 g/mol. The minimum atomic E-state index is -0.875. The van der Waals surface area contributed by atoms with Gasteiger partial charge in [0.05, 0.1) is 25.7 Å². The Morgan fingerprint density at radius 3 is 2.65 bits per heavy atom. The molecule has 1 aromatic heterocycles. The van der Waals surface area contributed by atoms with Crippen LogP contribution < -0.4 is 21.5 Å². The highest BCUT2D eigenvalue weighted by Gasteiger charge is 2.27. The van der Waals surface area contributed by atoms with Crippen LogP contribution in [-0.4, -0.2) is 36.2 Å². The van der Waals surface area contributed by atoms with Crippen molar-refractivity contribution in [3.63, 3.8) is 0 Å². The molecule has 0 fully saturated rings. The SMILES string of the molecule is CCOC(=O)C[C@H]1NC(=O)[C@H](Nc2ccc3cc[nH]c(=O)c3c2)c2ccc(c(C)c2)[C@@H](C)COC(=O)Nc2cccc1c2. The maximum atomic E-state index is 14.1. The fraction of sp³-hybridized carbons (Fsp3) is 0.273. The maximum absolute atomic E-state index is 14.1. The third kappa shape index (κ3) is 6.86. The number of H-pyrrole nitrogens is 1. The van der Waals surface area contributed by atoms with Crippen molar-refractivity contribution in [2.75, 3.05) is 23.8 Å². The van der Waals surface area contributed by atoms with E-state index in [2.05, 4.69) is 20.9 Å². The Hall–Kier alpha value is -5.12. The Balaban J connectivity index is 1.58. The molecule has 0 unspecified atom stereocenters. The second kappa shape index (κ2) is 12.8. The van der Waals surface area contributed by atoms with Crippen LogP contribution in [0.1, 0.15) is 60.5 Å². The summed E-state index contributed by atoms with van der Waals surface area (Å²) in [4.78, 5) is 54.5. The highest BCUT2D eigenvalue weighted by atomic mass is 16.5. The van der Waals surface area contributed by atoms with Crippen molar-refractivity contribution < 1.29 is 23.9 Å². The van der Waals surface area contributed by atoms with E-state index >= 15 is 0 Å². The minimum absolute atomic E-state index is 0.0968. The first-order valence-electron chi connectivity index (χ1n) is 14.2. The lowest BCUT2D eigenvalue weighted by molar-refractivity contribution is -0.143. The number of carbonyl (C=O) groups is 3. The number of hydrogen-bond acceptors (Lipinski definition) is 7. The van der Waals surface area contributed by atoms with Gasteiger partial charge in [0.25, 0.3) is 5.56 Å². The highest BCUT2D eigenvalue weighted by molar-refractivity contribution is 5.90. The number of carbonyl (C=O) groups excluding carboxylic acids is 3. The van der Waals surface area contributed by atoms with E-state index in [-0.39, 0.29) is 37.0 Å². The van der Waals surface area contributed by atoms with Crippen molar-refractivity contribution in [1.82, 2.24) is 10.3 Å². The topological polar surface area (TPSA) is 139 Å². The summed E-state index contributed by atoms with van der Waals surface area (Å²) in [6.45, 7) is 5.98. The molecule has 2 aliphatic rings. The van der Waals surface area contributed by atoms with Crippen LogP contribution in [0.25, 0.3) is 10.8 Å². The first-order chi connectivity index (χ1) is 20.7. The number of anilines is 2. The van der Waals surface area contributed by atoms with Gasteiger partial charge in [-0.3, -0.25) is 19.7 Å². The summed E-state index contributed by atoms with van der Waals surface area (Å²) in [6.07, 6.45) is 0.865. The van der Waals surface area contributed by atoms with Gasteiger partial charge in [-0.05, 0) is 71.8 Å². The quantitative estimate of drug-likeness (QED) is 0.229. The summed E-state index contributed by atoms with van der Waals surface area (Å²) in [5, 5.41) is 10.3. The molecule has 0 saturated carbocycles. The van der Waals surface area contributed by atoms with Crippen LogP contribution >= 0.6 is 0 Å². The Bertz CT molecular complexity index is 1730.